The van der Waals surface area contributed by atoms with Gasteiger partial charge in [-0.15, -0.1) is 0 Å². The van der Waals surface area contributed by atoms with Crippen LogP contribution in [-0.2, 0) is 6.42 Å². The molecule has 0 saturated heterocycles. The Morgan fingerprint density at radius 1 is 1.29 bits per heavy atom. The fourth-order valence-electron chi connectivity index (χ4n) is 2.06. The van der Waals surface area contributed by atoms with Gasteiger partial charge in [-0.05, 0) is 58.7 Å². The molecule has 0 atom stereocenters. The van der Waals surface area contributed by atoms with Crippen molar-refractivity contribution in [2.75, 3.05) is 19.0 Å². The number of halogens is 1. The second kappa shape index (κ2) is 7.24. The summed E-state index contributed by atoms with van der Waals surface area (Å²) in [4.78, 5) is 12.4. The molecule has 110 valence electrons. The smallest absolute Gasteiger partial charge is 0.255 e. The number of benzene rings is 2. The summed E-state index contributed by atoms with van der Waals surface area (Å²) in [6.07, 6.45) is 0.676. The van der Waals surface area contributed by atoms with Crippen LogP contribution in [0.4, 0.5) is 5.69 Å². The van der Waals surface area contributed by atoms with Gasteiger partial charge < -0.3 is 15.8 Å². The van der Waals surface area contributed by atoms with Gasteiger partial charge in [0.1, 0.15) is 5.75 Å². The number of amides is 1. The lowest BCUT2D eigenvalue weighted by molar-refractivity contribution is 0.102. The summed E-state index contributed by atoms with van der Waals surface area (Å²) in [5.41, 5.74) is 7.88. The van der Waals surface area contributed by atoms with Crippen molar-refractivity contribution >= 4 is 27.5 Å². The Hall–Kier alpha value is -1.85. The molecule has 21 heavy (non-hydrogen) atoms. The third kappa shape index (κ3) is 3.83. The number of nitrogens with one attached hydrogen (secondary N) is 1. The number of anilines is 1. The maximum absolute atomic E-state index is 12.4. The van der Waals surface area contributed by atoms with Crippen molar-refractivity contribution in [3.63, 3.8) is 0 Å². The Kier molecular flexibility index (Phi) is 5.36. The Labute approximate surface area is 132 Å². The molecular formula is C16H17BrN2O2. The first-order chi connectivity index (χ1) is 10.2. The number of methoxy groups -OCH3 is 1. The lowest BCUT2D eigenvalue weighted by Gasteiger charge is -2.11. The molecule has 2 aromatic rings. The number of carbonyl (C=O) groups excluding carboxylic acids is 1. The number of nitrogens with two attached hydrogens (primary N) is 1. The van der Waals surface area contributed by atoms with Gasteiger partial charge in [-0.2, -0.15) is 0 Å². The maximum atomic E-state index is 12.4. The maximum Gasteiger partial charge on any atom is 0.255 e. The van der Waals surface area contributed by atoms with Crippen molar-refractivity contribution in [3.05, 3.63) is 58.1 Å². The van der Waals surface area contributed by atoms with Crippen molar-refractivity contribution in [2.24, 2.45) is 5.73 Å². The lowest BCUT2D eigenvalue weighted by Crippen LogP contribution is -2.15. The normalized spacial score (nSPS) is 10.2. The highest BCUT2D eigenvalue weighted by atomic mass is 79.9. The topological polar surface area (TPSA) is 64.3 Å². The highest BCUT2D eigenvalue weighted by Gasteiger charge is 2.11. The van der Waals surface area contributed by atoms with Gasteiger partial charge >= 0.3 is 0 Å². The Bertz CT molecular complexity index is 644. The van der Waals surface area contributed by atoms with E-state index in [-0.39, 0.29) is 5.91 Å². The lowest BCUT2D eigenvalue weighted by atomic mass is 10.0. The summed E-state index contributed by atoms with van der Waals surface area (Å²) in [6, 6.07) is 12.9. The fourth-order valence-corrected chi connectivity index (χ4v) is 2.60. The first-order valence-corrected chi connectivity index (χ1v) is 7.38. The van der Waals surface area contributed by atoms with E-state index in [4.69, 9.17) is 10.5 Å². The molecule has 0 spiro atoms. The van der Waals surface area contributed by atoms with E-state index in [0.29, 0.717) is 24.2 Å². The average Bonchev–Trinajstić information content (AvgIpc) is 2.48. The second-order valence-corrected chi connectivity index (χ2v) is 5.35. The van der Waals surface area contributed by atoms with E-state index in [2.05, 4.69) is 21.2 Å². The van der Waals surface area contributed by atoms with Crippen LogP contribution >= 0.6 is 15.9 Å². The van der Waals surface area contributed by atoms with Crippen LogP contribution in [-0.4, -0.2) is 19.6 Å². The summed E-state index contributed by atoms with van der Waals surface area (Å²) in [7, 11) is 1.60. The summed E-state index contributed by atoms with van der Waals surface area (Å²) in [5.74, 6) is 0.577. The van der Waals surface area contributed by atoms with Gasteiger partial charge in [0.25, 0.3) is 5.91 Å². The molecule has 0 aliphatic rings. The molecule has 0 radical (unpaired) electrons. The second-order valence-electron chi connectivity index (χ2n) is 4.50. The van der Waals surface area contributed by atoms with Gasteiger partial charge in [-0.25, -0.2) is 0 Å². The molecule has 0 fully saturated rings. The van der Waals surface area contributed by atoms with Crippen LogP contribution in [0.25, 0.3) is 0 Å². The largest absolute Gasteiger partial charge is 0.496 e. The third-order valence-corrected chi connectivity index (χ3v) is 3.71. The monoisotopic (exact) mass is 348 g/mol. The van der Waals surface area contributed by atoms with Crippen LogP contribution in [0.5, 0.6) is 5.75 Å². The van der Waals surface area contributed by atoms with Crippen LogP contribution < -0.4 is 15.8 Å². The summed E-state index contributed by atoms with van der Waals surface area (Å²) >= 11 is 3.40. The van der Waals surface area contributed by atoms with E-state index >= 15 is 0 Å². The van der Waals surface area contributed by atoms with Crippen molar-refractivity contribution in [2.45, 2.75) is 6.42 Å². The molecule has 0 bridgehead atoms. The van der Waals surface area contributed by atoms with Gasteiger partial charge in [0.15, 0.2) is 0 Å². The van der Waals surface area contributed by atoms with Gasteiger partial charge in [0, 0.05) is 11.3 Å². The van der Waals surface area contributed by atoms with E-state index in [1.54, 1.807) is 25.3 Å². The van der Waals surface area contributed by atoms with Crippen LogP contribution in [0.2, 0.25) is 0 Å². The molecule has 0 aromatic heterocycles. The summed E-state index contributed by atoms with van der Waals surface area (Å²) in [6.45, 7) is 0.512. The molecule has 1 amide bonds. The predicted molar refractivity (Wildman–Crippen MR) is 87.8 cm³/mol. The van der Waals surface area contributed by atoms with Crippen molar-refractivity contribution in [3.8, 4) is 5.75 Å². The predicted octanol–water partition coefficient (Wildman–Crippen LogP) is 3.21. The molecule has 4 nitrogen and oxygen atoms in total. The molecule has 0 aliphatic heterocycles. The molecule has 0 heterocycles. The molecule has 2 rings (SSSR count). The van der Waals surface area contributed by atoms with Crippen molar-refractivity contribution in [1.29, 1.82) is 0 Å². The SMILES string of the molecule is COc1ccc(NC(=O)c2ccccc2CCN)cc1Br. The minimum Gasteiger partial charge on any atom is -0.496 e. The molecular weight excluding hydrogens is 332 g/mol. The van der Waals surface area contributed by atoms with Crippen LogP contribution in [0.15, 0.2) is 46.9 Å². The van der Waals surface area contributed by atoms with E-state index < -0.39 is 0 Å². The average molecular weight is 349 g/mol. The summed E-state index contributed by atoms with van der Waals surface area (Å²) < 4.78 is 5.96. The molecule has 3 N–H and O–H groups in total. The van der Waals surface area contributed by atoms with Crippen molar-refractivity contribution < 1.29 is 9.53 Å². The Balaban J connectivity index is 2.20. The van der Waals surface area contributed by atoms with E-state index in [9.17, 15) is 4.79 Å². The Morgan fingerprint density at radius 2 is 2.05 bits per heavy atom. The van der Waals surface area contributed by atoms with Crippen LogP contribution in [0.1, 0.15) is 15.9 Å². The zero-order valence-electron chi connectivity index (χ0n) is 11.7. The molecule has 2 aromatic carbocycles. The quantitative estimate of drug-likeness (QED) is 0.871. The molecule has 0 saturated carbocycles. The minimum absolute atomic E-state index is 0.142. The van der Waals surface area contributed by atoms with Crippen molar-refractivity contribution in [1.82, 2.24) is 0 Å². The van der Waals surface area contributed by atoms with Gasteiger partial charge in [-0.1, -0.05) is 18.2 Å². The third-order valence-electron chi connectivity index (χ3n) is 3.09. The zero-order valence-corrected chi connectivity index (χ0v) is 13.3. The van der Waals surface area contributed by atoms with Crippen LogP contribution in [0.3, 0.4) is 0 Å². The summed E-state index contributed by atoms with van der Waals surface area (Å²) in [5, 5.41) is 2.88. The minimum atomic E-state index is -0.142. The number of ether oxygens (including phenoxy) is 1. The molecule has 0 aliphatic carbocycles. The first-order valence-electron chi connectivity index (χ1n) is 6.58. The highest BCUT2D eigenvalue weighted by Crippen LogP contribution is 2.28. The van der Waals surface area contributed by atoms with Gasteiger partial charge in [0.2, 0.25) is 0 Å². The van der Waals surface area contributed by atoms with Gasteiger partial charge in [0.05, 0.1) is 11.6 Å². The van der Waals surface area contributed by atoms with Crippen LogP contribution in [0, 0.1) is 0 Å². The number of hydrogen-bond donors (Lipinski definition) is 2. The standard InChI is InChI=1S/C16H17BrN2O2/c1-21-15-7-6-12(10-14(15)17)19-16(20)13-5-3-2-4-11(13)8-9-18/h2-7,10H,8-9,18H2,1H3,(H,19,20). The van der Waals surface area contributed by atoms with Gasteiger partial charge in [-0.3, -0.25) is 4.79 Å². The first kappa shape index (κ1) is 15.5. The fraction of sp³-hybridized carbons (Fsp3) is 0.188. The van der Waals surface area contributed by atoms with E-state index in [0.717, 1.165) is 15.8 Å². The van der Waals surface area contributed by atoms with E-state index in [1.807, 2.05) is 24.3 Å². The number of rotatable bonds is 5. The molecule has 5 heteroatoms. The zero-order chi connectivity index (χ0) is 15.2. The van der Waals surface area contributed by atoms with E-state index in [1.165, 1.54) is 0 Å². The Morgan fingerprint density at radius 3 is 2.71 bits per heavy atom. The molecule has 0 unspecified atom stereocenters. The number of carbonyl (C=O) groups is 1. The number of hydrogen-bond acceptors (Lipinski definition) is 3. The highest BCUT2D eigenvalue weighted by molar-refractivity contribution is 9.10.